The number of anilines is 2. The van der Waals surface area contributed by atoms with Gasteiger partial charge in [0, 0.05) is 24.3 Å². The first-order valence-electron chi connectivity index (χ1n) is 7.85. The standard InChI is InChI=1S/C19H22N2O3/c1-14(2)21(17-7-5-4-6-8-17)19(23)13-24-18-11-9-16(10-12-18)20-15(3)22/h4-12,14H,13H2,1-3H3,(H,20,22). The molecule has 0 aliphatic carbocycles. The second-order valence-corrected chi connectivity index (χ2v) is 5.69. The lowest BCUT2D eigenvalue weighted by atomic mass is 10.2. The number of rotatable bonds is 6. The predicted molar refractivity (Wildman–Crippen MR) is 95.3 cm³/mol. The molecule has 0 saturated carbocycles. The summed E-state index contributed by atoms with van der Waals surface area (Å²) >= 11 is 0. The van der Waals surface area contributed by atoms with Gasteiger partial charge in [-0.15, -0.1) is 0 Å². The average molecular weight is 326 g/mol. The minimum atomic E-state index is -0.130. The highest BCUT2D eigenvalue weighted by molar-refractivity contribution is 5.95. The van der Waals surface area contributed by atoms with Crippen LogP contribution < -0.4 is 15.0 Å². The summed E-state index contributed by atoms with van der Waals surface area (Å²) in [5, 5.41) is 2.68. The predicted octanol–water partition coefficient (Wildman–Crippen LogP) is 3.47. The Morgan fingerprint density at radius 1 is 1.04 bits per heavy atom. The van der Waals surface area contributed by atoms with Crippen LogP contribution >= 0.6 is 0 Å². The van der Waals surface area contributed by atoms with E-state index in [0.717, 1.165) is 5.69 Å². The molecule has 0 fully saturated rings. The Hall–Kier alpha value is -2.82. The summed E-state index contributed by atoms with van der Waals surface area (Å²) in [6, 6.07) is 16.5. The fourth-order valence-electron chi connectivity index (χ4n) is 2.37. The molecule has 0 bridgehead atoms. The molecule has 126 valence electrons. The van der Waals surface area contributed by atoms with Gasteiger partial charge in [-0.1, -0.05) is 18.2 Å². The van der Waals surface area contributed by atoms with Gasteiger partial charge in [-0.25, -0.2) is 0 Å². The smallest absolute Gasteiger partial charge is 0.265 e. The first-order chi connectivity index (χ1) is 11.5. The molecular formula is C19H22N2O3. The number of nitrogens with one attached hydrogen (secondary N) is 1. The van der Waals surface area contributed by atoms with Crippen molar-refractivity contribution >= 4 is 23.2 Å². The van der Waals surface area contributed by atoms with Crippen molar-refractivity contribution in [1.29, 1.82) is 0 Å². The number of benzene rings is 2. The van der Waals surface area contributed by atoms with Crippen molar-refractivity contribution < 1.29 is 14.3 Å². The summed E-state index contributed by atoms with van der Waals surface area (Å²) in [7, 11) is 0. The summed E-state index contributed by atoms with van der Waals surface area (Å²) in [6.45, 7) is 5.33. The maximum absolute atomic E-state index is 12.5. The summed E-state index contributed by atoms with van der Waals surface area (Å²) in [5.41, 5.74) is 1.54. The lowest BCUT2D eigenvalue weighted by Gasteiger charge is -2.26. The average Bonchev–Trinajstić information content (AvgIpc) is 2.54. The monoisotopic (exact) mass is 326 g/mol. The minimum absolute atomic E-state index is 0.0330. The zero-order valence-electron chi connectivity index (χ0n) is 14.2. The van der Waals surface area contributed by atoms with E-state index in [9.17, 15) is 9.59 Å². The third-order valence-electron chi connectivity index (χ3n) is 3.36. The van der Waals surface area contributed by atoms with E-state index in [-0.39, 0.29) is 24.5 Å². The molecule has 2 aromatic carbocycles. The molecule has 0 spiro atoms. The fraction of sp³-hybridized carbons (Fsp3) is 0.263. The highest BCUT2D eigenvalue weighted by Gasteiger charge is 2.19. The molecule has 2 aromatic rings. The molecule has 5 nitrogen and oxygen atoms in total. The summed E-state index contributed by atoms with van der Waals surface area (Å²) in [6.07, 6.45) is 0. The summed E-state index contributed by atoms with van der Waals surface area (Å²) in [5.74, 6) is 0.339. The van der Waals surface area contributed by atoms with Crippen LogP contribution in [0.1, 0.15) is 20.8 Å². The van der Waals surface area contributed by atoms with Gasteiger partial charge in [0.25, 0.3) is 5.91 Å². The largest absolute Gasteiger partial charge is 0.484 e. The van der Waals surface area contributed by atoms with E-state index in [1.165, 1.54) is 6.92 Å². The van der Waals surface area contributed by atoms with Gasteiger partial charge in [0.15, 0.2) is 6.61 Å². The maximum Gasteiger partial charge on any atom is 0.265 e. The van der Waals surface area contributed by atoms with Crippen LogP contribution in [0.3, 0.4) is 0 Å². The zero-order valence-corrected chi connectivity index (χ0v) is 14.2. The van der Waals surface area contributed by atoms with Crippen molar-refractivity contribution in [1.82, 2.24) is 0 Å². The number of ether oxygens (including phenoxy) is 1. The molecule has 0 unspecified atom stereocenters. The normalized spacial score (nSPS) is 10.3. The van der Waals surface area contributed by atoms with E-state index in [2.05, 4.69) is 5.32 Å². The Morgan fingerprint density at radius 2 is 1.67 bits per heavy atom. The quantitative estimate of drug-likeness (QED) is 0.884. The SMILES string of the molecule is CC(=O)Nc1ccc(OCC(=O)N(c2ccccc2)C(C)C)cc1. The first-order valence-corrected chi connectivity index (χ1v) is 7.85. The van der Waals surface area contributed by atoms with Gasteiger partial charge in [0.1, 0.15) is 5.75 Å². The Labute approximate surface area is 142 Å². The zero-order chi connectivity index (χ0) is 17.5. The van der Waals surface area contributed by atoms with Gasteiger partial charge in [-0.3, -0.25) is 9.59 Å². The van der Waals surface area contributed by atoms with Gasteiger partial charge in [-0.2, -0.15) is 0 Å². The van der Waals surface area contributed by atoms with Crippen molar-refractivity contribution in [3.05, 3.63) is 54.6 Å². The molecule has 0 heterocycles. The molecule has 24 heavy (non-hydrogen) atoms. The number of hydrogen-bond donors (Lipinski definition) is 1. The number of amides is 2. The van der Waals surface area contributed by atoms with Crippen LogP contribution in [0.5, 0.6) is 5.75 Å². The number of carbonyl (C=O) groups excluding carboxylic acids is 2. The Morgan fingerprint density at radius 3 is 2.21 bits per heavy atom. The van der Waals surface area contributed by atoms with Crippen molar-refractivity contribution in [3.63, 3.8) is 0 Å². The molecule has 2 amide bonds. The molecule has 0 aliphatic rings. The van der Waals surface area contributed by atoms with Crippen LogP contribution in [0.15, 0.2) is 54.6 Å². The van der Waals surface area contributed by atoms with Crippen LogP contribution in [0, 0.1) is 0 Å². The molecule has 0 atom stereocenters. The molecule has 0 aromatic heterocycles. The first kappa shape index (κ1) is 17.5. The molecular weight excluding hydrogens is 304 g/mol. The summed E-state index contributed by atoms with van der Waals surface area (Å²) < 4.78 is 5.58. The van der Waals surface area contributed by atoms with Crippen LogP contribution in [-0.4, -0.2) is 24.5 Å². The Balaban J connectivity index is 1.99. The third kappa shape index (κ3) is 4.84. The van der Waals surface area contributed by atoms with Gasteiger partial charge < -0.3 is 15.0 Å². The second kappa shape index (κ2) is 8.15. The van der Waals surface area contributed by atoms with Crippen molar-refractivity contribution in [2.24, 2.45) is 0 Å². The van der Waals surface area contributed by atoms with E-state index in [1.807, 2.05) is 44.2 Å². The van der Waals surface area contributed by atoms with E-state index in [4.69, 9.17) is 4.74 Å². The van der Waals surface area contributed by atoms with E-state index < -0.39 is 0 Å². The molecule has 0 aliphatic heterocycles. The number of para-hydroxylation sites is 1. The van der Waals surface area contributed by atoms with Crippen molar-refractivity contribution in [3.8, 4) is 5.75 Å². The number of hydrogen-bond acceptors (Lipinski definition) is 3. The molecule has 0 radical (unpaired) electrons. The lowest BCUT2D eigenvalue weighted by molar-refractivity contribution is -0.121. The molecule has 1 N–H and O–H groups in total. The van der Waals surface area contributed by atoms with Crippen LogP contribution in [0.2, 0.25) is 0 Å². The van der Waals surface area contributed by atoms with E-state index in [0.29, 0.717) is 11.4 Å². The highest BCUT2D eigenvalue weighted by atomic mass is 16.5. The van der Waals surface area contributed by atoms with Crippen LogP contribution in [0.4, 0.5) is 11.4 Å². The number of nitrogens with zero attached hydrogens (tertiary/aromatic N) is 1. The molecule has 0 saturated heterocycles. The van der Waals surface area contributed by atoms with Crippen molar-refractivity contribution in [2.45, 2.75) is 26.8 Å². The second-order valence-electron chi connectivity index (χ2n) is 5.69. The third-order valence-corrected chi connectivity index (χ3v) is 3.36. The Kier molecular flexibility index (Phi) is 5.95. The van der Waals surface area contributed by atoms with E-state index >= 15 is 0 Å². The highest BCUT2D eigenvalue weighted by Crippen LogP contribution is 2.19. The van der Waals surface area contributed by atoms with Crippen LogP contribution in [-0.2, 0) is 9.59 Å². The Bertz CT molecular complexity index is 682. The van der Waals surface area contributed by atoms with Gasteiger partial charge >= 0.3 is 0 Å². The number of carbonyl (C=O) groups is 2. The maximum atomic E-state index is 12.5. The van der Waals surface area contributed by atoms with Crippen molar-refractivity contribution in [2.75, 3.05) is 16.8 Å². The lowest BCUT2D eigenvalue weighted by Crippen LogP contribution is -2.40. The van der Waals surface area contributed by atoms with Crippen LogP contribution in [0.25, 0.3) is 0 Å². The minimum Gasteiger partial charge on any atom is -0.484 e. The molecule has 2 rings (SSSR count). The topological polar surface area (TPSA) is 58.6 Å². The van der Waals surface area contributed by atoms with E-state index in [1.54, 1.807) is 29.2 Å². The molecule has 5 heteroatoms. The van der Waals surface area contributed by atoms with Gasteiger partial charge in [0.2, 0.25) is 5.91 Å². The van der Waals surface area contributed by atoms with Gasteiger partial charge in [0.05, 0.1) is 0 Å². The summed E-state index contributed by atoms with van der Waals surface area (Å²) in [4.78, 5) is 25.2. The fourth-order valence-corrected chi connectivity index (χ4v) is 2.37. The van der Waals surface area contributed by atoms with Gasteiger partial charge in [-0.05, 0) is 50.2 Å².